The van der Waals surface area contributed by atoms with Crippen LogP contribution in [-0.2, 0) is 6.42 Å². The van der Waals surface area contributed by atoms with Crippen LogP contribution >= 0.6 is 0 Å². The van der Waals surface area contributed by atoms with E-state index in [-0.39, 0.29) is 11.4 Å². The van der Waals surface area contributed by atoms with Crippen molar-refractivity contribution >= 4 is 0 Å². The minimum Gasteiger partial charge on any atom is -0.207 e. The van der Waals surface area contributed by atoms with E-state index >= 15 is 4.39 Å². The lowest BCUT2D eigenvalue weighted by Gasteiger charge is -2.38. The second-order valence-corrected chi connectivity index (χ2v) is 12.9. The van der Waals surface area contributed by atoms with Gasteiger partial charge in [-0.1, -0.05) is 107 Å². The SMILES string of the molecule is CCCCCC1CCC(C2CCC(c3ccc(-c4ccc(-c5ccc(CCC)c(F)c5F)cc4)cc3F)CC2)CC1. The highest BCUT2D eigenvalue weighted by Gasteiger charge is 2.32. The van der Waals surface area contributed by atoms with Gasteiger partial charge < -0.3 is 0 Å². The molecular formula is C38H47F3. The molecule has 0 saturated heterocycles. The summed E-state index contributed by atoms with van der Waals surface area (Å²) in [4.78, 5) is 0. The zero-order chi connectivity index (χ0) is 28.8. The average Bonchev–Trinajstić information content (AvgIpc) is 3.00. The number of rotatable bonds is 10. The Kier molecular flexibility index (Phi) is 10.3. The van der Waals surface area contributed by atoms with Gasteiger partial charge in [-0.15, -0.1) is 0 Å². The fourth-order valence-corrected chi connectivity index (χ4v) is 7.69. The number of benzene rings is 3. The van der Waals surface area contributed by atoms with Gasteiger partial charge in [0.2, 0.25) is 0 Å². The van der Waals surface area contributed by atoms with Crippen LogP contribution in [0.4, 0.5) is 13.2 Å². The number of hydrogen-bond donors (Lipinski definition) is 0. The standard InChI is InChI=1S/C38H47F3/c1-3-5-6-8-26-9-11-27(12-10-26)28-13-17-30(18-14-28)34-23-22-33(25-36(34)39)29-15-19-31(20-16-29)35-24-21-32(7-4-2)37(40)38(35)41/h15-16,19-28,30H,3-14,17-18H2,1-2H3. The van der Waals surface area contributed by atoms with Crippen molar-refractivity contribution in [1.29, 1.82) is 0 Å². The van der Waals surface area contributed by atoms with Gasteiger partial charge in [0.25, 0.3) is 0 Å². The van der Waals surface area contributed by atoms with E-state index < -0.39 is 11.6 Å². The maximum Gasteiger partial charge on any atom is 0.166 e. The van der Waals surface area contributed by atoms with Crippen LogP contribution < -0.4 is 0 Å². The van der Waals surface area contributed by atoms with Crippen molar-refractivity contribution in [3.8, 4) is 22.3 Å². The molecule has 220 valence electrons. The van der Waals surface area contributed by atoms with E-state index in [0.29, 0.717) is 23.5 Å². The van der Waals surface area contributed by atoms with Crippen molar-refractivity contribution in [3.05, 3.63) is 83.2 Å². The topological polar surface area (TPSA) is 0 Å². The first kappa shape index (κ1) is 29.9. The van der Waals surface area contributed by atoms with Crippen LogP contribution in [0, 0.1) is 35.2 Å². The third-order valence-corrected chi connectivity index (χ3v) is 10.2. The van der Waals surface area contributed by atoms with Gasteiger partial charge in [-0.2, -0.15) is 0 Å². The highest BCUT2D eigenvalue weighted by atomic mass is 19.2. The summed E-state index contributed by atoms with van der Waals surface area (Å²) in [5.74, 6) is 1.29. The minimum absolute atomic E-state index is 0.123. The van der Waals surface area contributed by atoms with Gasteiger partial charge in [0, 0.05) is 5.56 Å². The molecule has 0 atom stereocenters. The molecular weight excluding hydrogens is 513 g/mol. The van der Waals surface area contributed by atoms with Gasteiger partial charge in [-0.3, -0.25) is 0 Å². The molecule has 3 aromatic carbocycles. The molecule has 0 unspecified atom stereocenters. The molecule has 0 aromatic heterocycles. The highest BCUT2D eigenvalue weighted by molar-refractivity contribution is 5.71. The Labute approximate surface area is 245 Å². The van der Waals surface area contributed by atoms with E-state index in [2.05, 4.69) is 6.92 Å². The average molecular weight is 561 g/mol. The van der Waals surface area contributed by atoms with Gasteiger partial charge in [0.1, 0.15) is 5.82 Å². The molecule has 2 aliphatic rings. The molecule has 2 saturated carbocycles. The molecule has 0 aliphatic heterocycles. The van der Waals surface area contributed by atoms with Crippen molar-refractivity contribution in [3.63, 3.8) is 0 Å². The lowest BCUT2D eigenvalue weighted by molar-refractivity contribution is 0.155. The second-order valence-electron chi connectivity index (χ2n) is 12.9. The molecule has 41 heavy (non-hydrogen) atoms. The summed E-state index contributed by atoms with van der Waals surface area (Å²) in [7, 11) is 0. The maximum absolute atomic E-state index is 15.4. The van der Waals surface area contributed by atoms with Gasteiger partial charge in [0.05, 0.1) is 0 Å². The van der Waals surface area contributed by atoms with E-state index in [1.54, 1.807) is 30.3 Å². The van der Waals surface area contributed by atoms with Gasteiger partial charge >= 0.3 is 0 Å². The van der Waals surface area contributed by atoms with Crippen molar-refractivity contribution in [2.24, 2.45) is 17.8 Å². The zero-order valence-electron chi connectivity index (χ0n) is 25.0. The molecule has 0 bridgehead atoms. The Morgan fingerprint density at radius 1 is 0.610 bits per heavy atom. The lowest BCUT2D eigenvalue weighted by Crippen LogP contribution is -2.25. The summed E-state index contributed by atoms with van der Waals surface area (Å²) < 4.78 is 44.6. The normalized spacial score (nSPS) is 23.0. The van der Waals surface area contributed by atoms with E-state index in [1.807, 2.05) is 31.2 Å². The third-order valence-electron chi connectivity index (χ3n) is 10.2. The van der Waals surface area contributed by atoms with E-state index in [4.69, 9.17) is 0 Å². The van der Waals surface area contributed by atoms with Crippen LogP contribution in [0.2, 0.25) is 0 Å². The summed E-state index contributed by atoms with van der Waals surface area (Å²) in [6, 6.07) is 16.3. The van der Waals surface area contributed by atoms with Gasteiger partial charge in [0.15, 0.2) is 11.6 Å². The molecule has 0 N–H and O–H groups in total. The Balaban J connectivity index is 1.17. The molecule has 0 spiro atoms. The molecule has 3 aromatic rings. The zero-order valence-corrected chi connectivity index (χ0v) is 25.0. The van der Waals surface area contributed by atoms with Crippen LogP contribution in [0.3, 0.4) is 0 Å². The monoisotopic (exact) mass is 560 g/mol. The van der Waals surface area contributed by atoms with Crippen molar-refractivity contribution in [2.45, 2.75) is 110 Å². The summed E-state index contributed by atoms with van der Waals surface area (Å²) in [6.07, 6.45) is 17.1. The van der Waals surface area contributed by atoms with Crippen LogP contribution in [0.1, 0.15) is 114 Å². The fourth-order valence-electron chi connectivity index (χ4n) is 7.69. The van der Waals surface area contributed by atoms with Crippen molar-refractivity contribution < 1.29 is 13.2 Å². The van der Waals surface area contributed by atoms with Crippen LogP contribution in [0.15, 0.2) is 54.6 Å². The van der Waals surface area contributed by atoms with E-state index in [0.717, 1.165) is 53.7 Å². The third kappa shape index (κ3) is 7.09. The van der Waals surface area contributed by atoms with Crippen molar-refractivity contribution in [2.75, 3.05) is 0 Å². The quantitative estimate of drug-likeness (QED) is 0.216. The Bertz CT molecular complexity index is 1260. The predicted octanol–water partition coefficient (Wildman–Crippen LogP) is 12.1. The predicted molar refractivity (Wildman–Crippen MR) is 165 cm³/mol. The number of halogens is 3. The second kappa shape index (κ2) is 14.1. The van der Waals surface area contributed by atoms with Crippen LogP contribution in [0.25, 0.3) is 22.3 Å². The first-order valence-electron chi connectivity index (χ1n) is 16.4. The molecule has 3 heteroatoms. The molecule has 2 aliphatic carbocycles. The van der Waals surface area contributed by atoms with E-state index in [1.165, 1.54) is 64.2 Å². The first-order chi connectivity index (χ1) is 20.0. The van der Waals surface area contributed by atoms with Gasteiger partial charge in [-0.05, 0) is 103 Å². The molecule has 0 radical (unpaired) electrons. The molecule has 0 amide bonds. The highest BCUT2D eigenvalue weighted by Crippen LogP contribution is 2.45. The van der Waals surface area contributed by atoms with Crippen molar-refractivity contribution in [1.82, 2.24) is 0 Å². The Morgan fingerprint density at radius 3 is 1.88 bits per heavy atom. The summed E-state index contributed by atoms with van der Waals surface area (Å²) >= 11 is 0. The van der Waals surface area contributed by atoms with E-state index in [9.17, 15) is 8.78 Å². The van der Waals surface area contributed by atoms with Crippen LogP contribution in [-0.4, -0.2) is 0 Å². The smallest absolute Gasteiger partial charge is 0.166 e. The molecule has 2 fully saturated rings. The minimum atomic E-state index is -0.802. The maximum atomic E-state index is 15.4. The largest absolute Gasteiger partial charge is 0.207 e. The summed E-state index contributed by atoms with van der Waals surface area (Å²) in [6.45, 7) is 4.24. The number of hydrogen-bond acceptors (Lipinski definition) is 0. The summed E-state index contributed by atoms with van der Waals surface area (Å²) in [5, 5.41) is 0. The Hall–Kier alpha value is -2.55. The van der Waals surface area contributed by atoms with Crippen LogP contribution in [0.5, 0.6) is 0 Å². The molecule has 0 heterocycles. The lowest BCUT2D eigenvalue weighted by atomic mass is 9.68. The summed E-state index contributed by atoms with van der Waals surface area (Å²) in [5.41, 5.74) is 3.82. The number of unbranched alkanes of at least 4 members (excludes halogenated alkanes) is 2. The first-order valence-corrected chi connectivity index (χ1v) is 16.4. The Morgan fingerprint density at radius 2 is 1.24 bits per heavy atom. The fraction of sp³-hybridized carbons (Fsp3) is 0.526. The molecule has 5 rings (SSSR count). The molecule has 0 nitrogen and oxygen atoms in total. The van der Waals surface area contributed by atoms with Gasteiger partial charge in [-0.25, -0.2) is 13.2 Å². The number of aryl methyl sites for hydroxylation is 1.